The molecule has 1 aromatic rings. The summed E-state index contributed by atoms with van der Waals surface area (Å²) in [5.74, 6) is -0.803. The summed E-state index contributed by atoms with van der Waals surface area (Å²) in [6.07, 6.45) is 9.50. The highest BCUT2D eigenvalue weighted by Gasteiger charge is 2.25. The zero-order chi connectivity index (χ0) is 15.6. The number of nitrogens with zero attached hydrogens (tertiary/aromatic N) is 1. The van der Waals surface area contributed by atoms with E-state index in [0.717, 1.165) is 12.6 Å². The van der Waals surface area contributed by atoms with Gasteiger partial charge in [-0.1, -0.05) is 53.7 Å². The molecule has 0 aliphatic heterocycles. The van der Waals surface area contributed by atoms with Crippen LogP contribution in [-0.2, 0) is 9.47 Å². The lowest BCUT2D eigenvalue weighted by molar-refractivity contribution is -0.167. The van der Waals surface area contributed by atoms with Crippen LogP contribution in [0.15, 0.2) is 59.8 Å². The molecule has 0 radical (unpaired) electrons. The number of oxime groups is 1. The van der Waals surface area contributed by atoms with Crippen LogP contribution >= 0.6 is 0 Å². The molecule has 0 heterocycles. The van der Waals surface area contributed by atoms with Gasteiger partial charge < -0.3 is 14.7 Å². The fraction of sp³-hybridized carbons (Fsp3) is 0.250. The molecule has 1 aliphatic rings. The van der Waals surface area contributed by atoms with Crippen molar-refractivity contribution in [1.29, 1.82) is 0 Å². The number of hydrogen-bond donors (Lipinski definition) is 1. The van der Waals surface area contributed by atoms with Gasteiger partial charge in [0, 0.05) is 26.2 Å². The Bertz CT molecular complexity index is 516. The maximum absolute atomic E-state index is 10.9. The van der Waals surface area contributed by atoms with E-state index in [1.807, 2.05) is 30.4 Å². The molecule has 112 valence electrons. The first-order valence-corrected chi connectivity index (χ1v) is 6.39. The average molecular weight is 289 g/mol. The van der Waals surface area contributed by atoms with Gasteiger partial charge in [-0.25, -0.2) is 0 Å². The zero-order valence-corrected chi connectivity index (χ0v) is 12.1. The Balaban J connectivity index is 0.000000211. The number of rotatable bonds is 4. The van der Waals surface area contributed by atoms with Crippen molar-refractivity contribution < 1.29 is 19.5 Å². The van der Waals surface area contributed by atoms with E-state index in [-0.39, 0.29) is 5.78 Å². The topological polar surface area (TPSA) is 68.1 Å². The fourth-order valence-electron chi connectivity index (χ4n) is 1.70. The molecule has 1 aliphatic carbocycles. The third-order valence-electron chi connectivity index (χ3n) is 2.92. The predicted molar refractivity (Wildman–Crippen MR) is 80.7 cm³/mol. The summed E-state index contributed by atoms with van der Waals surface area (Å²) < 4.78 is 10.3. The van der Waals surface area contributed by atoms with E-state index < -0.39 is 5.79 Å². The molecule has 0 fully saturated rings. The lowest BCUT2D eigenvalue weighted by atomic mass is 10.1. The smallest absolute Gasteiger partial charge is 0.207 e. The second-order valence-electron chi connectivity index (χ2n) is 4.19. The highest BCUT2D eigenvalue weighted by molar-refractivity contribution is 6.35. The van der Waals surface area contributed by atoms with E-state index in [1.54, 1.807) is 38.5 Å². The van der Waals surface area contributed by atoms with Gasteiger partial charge in [-0.3, -0.25) is 4.79 Å². The van der Waals surface area contributed by atoms with Crippen molar-refractivity contribution in [1.82, 2.24) is 0 Å². The van der Waals surface area contributed by atoms with Gasteiger partial charge >= 0.3 is 0 Å². The van der Waals surface area contributed by atoms with Gasteiger partial charge in [0.25, 0.3) is 0 Å². The van der Waals surface area contributed by atoms with Crippen molar-refractivity contribution in [3.8, 4) is 0 Å². The van der Waals surface area contributed by atoms with Gasteiger partial charge in [0.15, 0.2) is 5.79 Å². The van der Waals surface area contributed by atoms with Crippen LogP contribution in [0.5, 0.6) is 0 Å². The Morgan fingerprint density at radius 3 is 2.33 bits per heavy atom. The summed E-state index contributed by atoms with van der Waals surface area (Å²) in [6.45, 7) is 0. The van der Waals surface area contributed by atoms with E-state index in [9.17, 15) is 4.79 Å². The lowest BCUT2D eigenvalue weighted by Crippen LogP contribution is -2.31. The van der Waals surface area contributed by atoms with Crippen molar-refractivity contribution in [3.63, 3.8) is 0 Å². The predicted octanol–water partition coefficient (Wildman–Crippen LogP) is 2.82. The minimum Gasteiger partial charge on any atom is -0.411 e. The van der Waals surface area contributed by atoms with Crippen molar-refractivity contribution in [3.05, 3.63) is 60.2 Å². The number of ether oxygens (including phenoxy) is 2. The van der Waals surface area contributed by atoms with Crippen molar-refractivity contribution in [2.75, 3.05) is 14.2 Å². The van der Waals surface area contributed by atoms with Gasteiger partial charge in [0.05, 0.1) is 0 Å². The van der Waals surface area contributed by atoms with Crippen LogP contribution < -0.4 is 0 Å². The standard InChI is InChI=1S/C8H7NO2.C8H12O2/c10-8(6-9-11)7-4-2-1-3-5-7;1-9-8(10-2)6-4-3-5-7-8/h1-6,11H;3-6H,7H2,1-2H3. The van der Waals surface area contributed by atoms with Gasteiger partial charge in [0.1, 0.15) is 6.21 Å². The maximum Gasteiger partial charge on any atom is 0.207 e. The molecule has 21 heavy (non-hydrogen) atoms. The fourth-order valence-corrected chi connectivity index (χ4v) is 1.70. The Kier molecular flexibility index (Phi) is 7.08. The molecular formula is C16H19NO4. The Morgan fingerprint density at radius 1 is 1.24 bits per heavy atom. The Morgan fingerprint density at radius 2 is 1.90 bits per heavy atom. The van der Waals surface area contributed by atoms with Gasteiger partial charge in [-0.05, 0) is 6.08 Å². The number of benzene rings is 1. The van der Waals surface area contributed by atoms with E-state index in [4.69, 9.17) is 14.7 Å². The number of carbonyl (C=O) groups is 1. The molecule has 0 atom stereocenters. The first-order chi connectivity index (χ1) is 10.2. The molecule has 1 aromatic carbocycles. The molecule has 0 bridgehead atoms. The average Bonchev–Trinajstić information content (AvgIpc) is 2.57. The molecule has 2 rings (SSSR count). The molecule has 0 unspecified atom stereocenters. The van der Waals surface area contributed by atoms with Crippen LogP contribution in [0.4, 0.5) is 0 Å². The maximum atomic E-state index is 10.9. The number of ketones is 1. The van der Waals surface area contributed by atoms with E-state index in [2.05, 4.69) is 5.16 Å². The van der Waals surface area contributed by atoms with Crippen LogP contribution in [0.1, 0.15) is 16.8 Å². The van der Waals surface area contributed by atoms with Crippen molar-refractivity contribution in [2.45, 2.75) is 12.2 Å². The third kappa shape index (κ3) is 5.33. The monoisotopic (exact) mass is 289 g/mol. The van der Waals surface area contributed by atoms with Gasteiger partial charge in [0.2, 0.25) is 5.78 Å². The van der Waals surface area contributed by atoms with Crippen LogP contribution in [0.3, 0.4) is 0 Å². The van der Waals surface area contributed by atoms with Crippen LogP contribution in [-0.4, -0.2) is 37.2 Å². The third-order valence-corrected chi connectivity index (χ3v) is 2.92. The van der Waals surface area contributed by atoms with E-state index in [0.29, 0.717) is 5.56 Å². The normalized spacial score (nSPS) is 15.5. The van der Waals surface area contributed by atoms with Crippen LogP contribution in [0, 0.1) is 0 Å². The molecule has 0 saturated heterocycles. The highest BCUT2D eigenvalue weighted by atomic mass is 16.7. The molecule has 5 nitrogen and oxygen atoms in total. The van der Waals surface area contributed by atoms with E-state index >= 15 is 0 Å². The molecule has 0 spiro atoms. The minimum absolute atomic E-state index is 0.298. The number of allylic oxidation sites excluding steroid dienone is 2. The zero-order valence-electron chi connectivity index (χ0n) is 12.1. The Labute approximate surface area is 124 Å². The van der Waals surface area contributed by atoms with Crippen LogP contribution in [0.25, 0.3) is 0 Å². The number of hydrogen-bond acceptors (Lipinski definition) is 5. The number of methoxy groups -OCH3 is 2. The largest absolute Gasteiger partial charge is 0.411 e. The summed E-state index contributed by atoms with van der Waals surface area (Å²) in [4.78, 5) is 10.9. The highest BCUT2D eigenvalue weighted by Crippen LogP contribution is 2.21. The van der Waals surface area contributed by atoms with E-state index in [1.165, 1.54) is 0 Å². The van der Waals surface area contributed by atoms with Crippen molar-refractivity contribution >= 4 is 12.0 Å². The molecule has 0 saturated carbocycles. The molecular weight excluding hydrogens is 270 g/mol. The first-order valence-electron chi connectivity index (χ1n) is 6.39. The summed E-state index contributed by atoms with van der Waals surface area (Å²) in [5, 5.41) is 10.7. The number of carbonyl (C=O) groups excluding carboxylic acids is 1. The molecule has 0 aromatic heterocycles. The number of Topliss-reactive ketones (excluding diaryl/α,β-unsaturated/α-hetero) is 1. The quantitative estimate of drug-likeness (QED) is 0.304. The van der Waals surface area contributed by atoms with Gasteiger partial charge in [-0.15, -0.1) is 0 Å². The summed E-state index contributed by atoms with van der Waals surface area (Å²) in [7, 11) is 3.29. The minimum atomic E-state index is -0.505. The second kappa shape index (κ2) is 8.84. The van der Waals surface area contributed by atoms with Crippen molar-refractivity contribution in [2.24, 2.45) is 5.16 Å². The van der Waals surface area contributed by atoms with Crippen LogP contribution in [0.2, 0.25) is 0 Å². The lowest BCUT2D eigenvalue weighted by Gasteiger charge is -2.27. The Hall–Kier alpha value is -2.24. The summed E-state index contributed by atoms with van der Waals surface area (Å²) in [6, 6.07) is 8.62. The second-order valence-corrected chi connectivity index (χ2v) is 4.19. The molecule has 1 N–H and O–H groups in total. The summed E-state index contributed by atoms with van der Waals surface area (Å²) >= 11 is 0. The molecule has 0 amide bonds. The SMILES string of the molecule is COC1(OC)C=CC=CC1.O=C(C=NO)c1ccccc1. The summed E-state index contributed by atoms with van der Waals surface area (Å²) in [5.41, 5.74) is 0.519. The molecule has 5 heteroatoms. The first kappa shape index (κ1) is 16.8. The van der Waals surface area contributed by atoms with Gasteiger partial charge in [-0.2, -0.15) is 0 Å².